The maximum atomic E-state index is 12.1. The van der Waals surface area contributed by atoms with Crippen LogP contribution in [0.1, 0.15) is 23.2 Å². The molecule has 0 unspecified atom stereocenters. The highest BCUT2D eigenvalue weighted by molar-refractivity contribution is 7.89. The van der Waals surface area contributed by atoms with E-state index in [-0.39, 0.29) is 26.5 Å². The number of hydrogen-bond donors (Lipinski definition) is 2. The van der Waals surface area contributed by atoms with E-state index in [0.717, 1.165) is 12.8 Å². The zero-order valence-corrected chi connectivity index (χ0v) is 12.4. The Labute approximate surface area is 121 Å². The second kappa shape index (κ2) is 5.28. The molecule has 1 fully saturated rings. The van der Waals surface area contributed by atoms with Gasteiger partial charge in [0.2, 0.25) is 10.0 Å². The molecule has 19 heavy (non-hydrogen) atoms. The Kier molecular flexibility index (Phi) is 4.06. The third-order valence-electron chi connectivity index (χ3n) is 2.68. The van der Waals surface area contributed by atoms with E-state index in [9.17, 15) is 13.2 Å². The van der Waals surface area contributed by atoms with Gasteiger partial charge in [-0.05, 0) is 25.0 Å². The second-order valence-electron chi connectivity index (χ2n) is 4.24. The lowest BCUT2D eigenvalue weighted by atomic mass is 10.2. The van der Waals surface area contributed by atoms with Crippen LogP contribution in [0.25, 0.3) is 0 Å². The van der Waals surface area contributed by atoms with Crippen molar-refractivity contribution in [1.29, 1.82) is 0 Å². The van der Waals surface area contributed by atoms with E-state index < -0.39 is 15.9 Å². The lowest BCUT2D eigenvalue weighted by molar-refractivity contribution is 0.0963. The average molecular weight is 323 g/mol. The summed E-state index contributed by atoms with van der Waals surface area (Å²) in [5, 5.41) is 2.49. The third-order valence-corrected chi connectivity index (χ3v) is 4.98. The van der Waals surface area contributed by atoms with E-state index >= 15 is 0 Å². The predicted molar refractivity (Wildman–Crippen MR) is 73.2 cm³/mol. The highest BCUT2D eigenvalue weighted by atomic mass is 35.5. The molecular weight excluding hydrogens is 311 g/mol. The Morgan fingerprint density at radius 3 is 2.42 bits per heavy atom. The fraction of sp³-hybridized carbons (Fsp3) is 0.364. The first-order chi connectivity index (χ1) is 8.85. The van der Waals surface area contributed by atoms with Crippen LogP contribution in [0, 0.1) is 0 Å². The molecule has 8 heteroatoms. The smallest absolute Gasteiger partial charge is 0.252 e. The molecule has 0 aromatic heterocycles. The molecule has 0 bridgehead atoms. The van der Waals surface area contributed by atoms with Crippen LogP contribution < -0.4 is 10.0 Å². The molecule has 0 spiro atoms. The molecule has 2 rings (SSSR count). The molecule has 1 amide bonds. The lowest BCUT2D eigenvalue weighted by Gasteiger charge is -2.10. The highest BCUT2D eigenvalue weighted by Crippen LogP contribution is 2.30. The number of carbonyl (C=O) groups is 1. The monoisotopic (exact) mass is 322 g/mol. The number of amides is 1. The normalized spacial score (nSPS) is 15.3. The van der Waals surface area contributed by atoms with Gasteiger partial charge >= 0.3 is 0 Å². The summed E-state index contributed by atoms with van der Waals surface area (Å²) < 4.78 is 26.7. The summed E-state index contributed by atoms with van der Waals surface area (Å²) in [6.07, 6.45) is 1.62. The minimum absolute atomic E-state index is 0.00852. The van der Waals surface area contributed by atoms with E-state index in [0.29, 0.717) is 0 Å². The quantitative estimate of drug-likeness (QED) is 0.887. The van der Waals surface area contributed by atoms with Gasteiger partial charge in [-0.2, -0.15) is 0 Å². The fourth-order valence-corrected chi connectivity index (χ4v) is 3.69. The molecular formula is C11H12Cl2N2O3S. The summed E-state index contributed by atoms with van der Waals surface area (Å²) in [6, 6.07) is 2.41. The van der Waals surface area contributed by atoms with Crippen molar-refractivity contribution in [3.8, 4) is 0 Å². The van der Waals surface area contributed by atoms with E-state index in [4.69, 9.17) is 23.2 Å². The molecule has 0 saturated heterocycles. The number of benzene rings is 1. The summed E-state index contributed by atoms with van der Waals surface area (Å²) in [6.45, 7) is 0. The van der Waals surface area contributed by atoms with Crippen LogP contribution in [0.15, 0.2) is 17.0 Å². The average Bonchev–Trinajstić information content (AvgIpc) is 3.11. The first-order valence-electron chi connectivity index (χ1n) is 5.58. The summed E-state index contributed by atoms with van der Waals surface area (Å²) in [5.74, 6) is -0.468. The molecule has 1 aliphatic rings. The minimum atomic E-state index is -3.73. The molecule has 0 aliphatic heterocycles. The highest BCUT2D eigenvalue weighted by Gasteiger charge is 2.30. The van der Waals surface area contributed by atoms with E-state index in [1.165, 1.54) is 19.2 Å². The Morgan fingerprint density at radius 2 is 1.89 bits per heavy atom. The van der Waals surface area contributed by atoms with Crippen LogP contribution in [0.2, 0.25) is 10.0 Å². The lowest BCUT2D eigenvalue weighted by Crippen LogP contribution is -2.27. The van der Waals surface area contributed by atoms with Gasteiger partial charge in [0.25, 0.3) is 5.91 Å². The molecule has 1 saturated carbocycles. The first kappa shape index (κ1) is 14.6. The largest absolute Gasteiger partial charge is 0.355 e. The number of carbonyl (C=O) groups excluding carboxylic acids is 1. The molecule has 0 radical (unpaired) electrons. The number of nitrogens with one attached hydrogen (secondary N) is 2. The van der Waals surface area contributed by atoms with Gasteiger partial charge < -0.3 is 5.32 Å². The molecule has 0 heterocycles. The van der Waals surface area contributed by atoms with Gasteiger partial charge in [-0.25, -0.2) is 13.1 Å². The Morgan fingerprint density at radius 1 is 1.26 bits per heavy atom. The first-order valence-corrected chi connectivity index (χ1v) is 7.82. The third kappa shape index (κ3) is 3.20. The van der Waals surface area contributed by atoms with Crippen molar-refractivity contribution in [3.63, 3.8) is 0 Å². The molecule has 104 valence electrons. The van der Waals surface area contributed by atoms with Gasteiger partial charge in [0.05, 0.1) is 15.6 Å². The van der Waals surface area contributed by atoms with Crippen molar-refractivity contribution >= 4 is 39.1 Å². The van der Waals surface area contributed by atoms with Crippen molar-refractivity contribution in [1.82, 2.24) is 10.0 Å². The van der Waals surface area contributed by atoms with Crippen molar-refractivity contribution in [2.45, 2.75) is 23.8 Å². The summed E-state index contributed by atoms with van der Waals surface area (Å²) in [7, 11) is -2.29. The zero-order valence-electron chi connectivity index (χ0n) is 10.0. The molecule has 1 aromatic carbocycles. The van der Waals surface area contributed by atoms with Crippen molar-refractivity contribution in [2.24, 2.45) is 0 Å². The SMILES string of the molecule is CNC(=O)c1cc(S(=O)(=O)NC2CC2)c(Cl)cc1Cl. The topological polar surface area (TPSA) is 75.3 Å². The van der Waals surface area contributed by atoms with Crippen molar-refractivity contribution < 1.29 is 13.2 Å². The van der Waals surface area contributed by atoms with Crippen molar-refractivity contribution in [2.75, 3.05) is 7.05 Å². The second-order valence-corrected chi connectivity index (χ2v) is 6.73. The Balaban J connectivity index is 2.47. The number of sulfonamides is 1. The predicted octanol–water partition coefficient (Wildman–Crippen LogP) is 1.79. The van der Waals surface area contributed by atoms with E-state index in [2.05, 4.69) is 10.0 Å². The van der Waals surface area contributed by atoms with Gasteiger partial charge in [-0.1, -0.05) is 23.2 Å². The maximum Gasteiger partial charge on any atom is 0.252 e. The van der Waals surface area contributed by atoms with Crippen LogP contribution in [-0.4, -0.2) is 27.4 Å². The van der Waals surface area contributed by atoms with E-state index in [1.807, 2.05) is 0 Å². The van der Waals surface area contributed by atoms with Crippen LogP contribution >= 0.6 is 23.2 Å². The Bertz CT molecular complexity index is 627. The summed E-state index contributed by atoms with van der Waals surface area (Å²) in [4.78, 5) is 11.5. The van der Waals surface area contributed by atoms with Crippen LogP contribution in [0.4, 0.5) is 0 Å². The molecule has 2 N–H and O–H groups in total. The van der Waals surface area contributed by atoms with Gasteiger partial charge in [-0.15, -0.1) is 0 Å². The molecule has 1 aliphatic carbocycles. The Hall–Kier alpha value is -0.820. The molecule has 5 nitrogen and oxygen atoms in total. The summed E-state index contributed by atoms with van der Waals surface area (Å²) in [5.41, 5.74) is 0.0738. The fourth-order valence-electron chi connectivity index (χ4n) is 1.53. The zero-order chi connectivity index (χ0) is 14.2. The van der Waals surface area contributed by atoms with E-state index in [1.54, 1.807) is 0 Å². The van der Waals surface area contributed by atoms with Crippen LogP contribution in [-0.2, 0) is 10.0 Å². The van der Waals surface area contributed by atoms with Crippen LogP contribution in [0.3, 0.4) is 0 Å². The van der Waals surface area contributed by atoms with Crippen molar-refractivity contribution in [3.05, 3.63) is 27.7 Å². The molecule has 1 aromatic rings. The maximum absolute atomic E-state index is 12.1. The number of halogens is 2. The number of rotatable bonds is 4. The van der Waals surface area contributed by atoms with Gasteiger partial charge in [0.1, 0.15) is 4.90 Å². The minimum Gasteiger partial charge on any atom is -0.355 e. The standard InChI is InChI=1S/C11H12Cl2N2O3S/c1-14-11(16)7-4-10(9(13)5-8(7)12)19(17,18)15-6-2-3-6/h4-6,15H,2-3H2,1H3,(H,14,16). The van der Waals surface area contributed by atoms with Gasteiger partial charge in [0, 0.05) is 13.1 Å². The van der Waals surface area contributed by atoms with Gasteiger partial charge in [-0.3, -0.25) is 4.79 Å². The summed E-state index contributed by atoms with van der Waals surface area (Å²) >= 11 is 11.8. The molecule has 0 atom stereocenters. The number of hydrogen-bond acceptors (Lipinski definition) is 3. The van der Waals surface area contributed by atoms with Crippen LogP contribution in [0.5, 0.6) is 0 Å². The van der Waals surface area contributed by atoms with Gasteiger partial charge in [0.15, 0.2) is 0 Å².